The number of hydrogen-bond donors (Lipinski definition) is 2. The summed E-state index contributed by atoms with van der Waals surface area (Å²) in [6.45, 7) is 6.84. The van der Waals surface area contributed by atoms with E-state index in [1.165, 1.54) is 0 Å². The molecule has 80 valence electrons. The number of terminal acetylenes is 1. The van der Waals surface area contributed by atoms with Gasteiger partial charge in [-0.05, 0) is 19.9 Å². The molecule has 0 heterocycles. The van der Waals surface area contributed by atoms with Crippen molar-refractivity contribution in [2.45, 2.75) is 45.7 Å². The molecule has 3 nitrogen and oxygen atoms in total. The number of rotatable bonds is 6. The molecule has 14 heavy (non-hydrogen) atoms. The molecule has 2 atom stereocenters. The van der Waals surface area contributed by atoms with Gasteiger partial charge in [-0.15, -0.1) is 6.42 Å². The maximum atomic E-state index is 11.4. The Hall–Kier alpha value is -1.01. The van der Waals surface area contributed by atoms with E-state index in [0.29, 0.717) is 6.42 Å². The number of carbonyl (C=O) groups excluding carboxylic acids is 1. The first-order chi connectivity index (χ1) is 6.63. The lowest BCUT2D eigenvalue weighted by atomic mass is 10.2. The molecule has 0 aliphatic rings. The van der Waals surface area contributed by atoms with E-state index < -0.39 is 0 Å². The number of nitrogens with one attached hydrogen (secondary N) is 2. The summed E-state index contributed by atoms with van der Waals surface area (Å²) in [6, 6.07) is 0.0756. The molecular weight excluding hydrogens is 176 g/mol. The first-order valence-electron chi connectivity index (χ1n) is 5.12. The highest BCUT2D eigenvalue weighted by Crippen LogP contribution is 1.93. The summed E-state index contributed by atoms with van der Waals surface area (Å²) in [7, 11) is 0. The fraction of sp³-hybridized carbons (Fsp3) is 0.727. The Labute approximate surface area is 86.6 Å². The Morgan fingerprint density at radius 1 is 1.50 bits per heavy atom. The quantitative estimate of drug-likeness (QED) is 0.620. The molecule has 0 radical (unpaired) electrons. The van der Waals surface area contributed by atoms with Crippen LogP contribution < -0.4 is 10.6 Å². The highest BCUT2D eigenvalue weighted by molar-refractivity contribution is 5.77. The highest BCUT2D eigenvalue weighted by Gasteiger charge is 2.10. The van der Waals surface area contributed by atoms with Crippen molar-refractivity contribution in [1.82, 2.24) is 10.6 Å². The van der Waals surface area contributed by atoms with Crippen LogP contribution in [-0.4, -0.2) is 24.5 Å². The predicted molar refractivity (Wildman–Crippen MR) is 58.8 cm³/mol. The third-order valence-electron chi connectivity index (χ3n) is 1.99. The fourth-order valence-electron chi connectivity index (χ4n) is 1.21. The molecule has 2 unspecified atom stereocenters. The lowest BCUT2D eigenvalue weighted by molar-refractivity contribution is -0.121. The van der Waals surface area contributed by atoms with Gasteiger partial charge in [0.25, 0.3) is 0 Å². The minimum atomic E-state index is -0.128. The lowest BCUT2D eigenvalue weighted by Gasteiger charge is -2.14. The molecule has 2 N–H and O–H groups in total. The molecular formula is C11H20N2O. The van der Waals surface area contributed by atoms with Gasteiger partial charge in [0.15, 0.2) is 0 Å². The van der Waals surface area contributed by atoms with E-state index in [2.05, 4.69) is 16.6 Å². The van der Waals surface area contributed by atoms with E-state index in [9.17, 15) is 4.79 Å². The molecule has 3 heteroatoms. The van der Waals surface area contributed by atoms with Crippen LogP contribution in [0.25, 0.3) is 0 Å². The molecule has 0 aromatic carbocycles. The van der Waals surface area contributed by atoms with Gasteiger partial charge >= 0.3 is 0 Å². The maximum Gasteiger partial charge on any atom is 0.222 e. The van der Waals surface area contributed by atoms with Crippen molar-refractivity contribution >= 4 is 5.91 Å². The summed E-state index contributed by atoms with van der Waals surface area (Å²) in [4.78, 5) is 11.4. The van der Waals surface area contributed by atoms with E-state index >= 15 is 0 Å². The number of amides is 1. The minimum absolute atomic E-state index is 0.0169. The van der Waals surface area contributed by atoms with Crippen molar-refractivity contribution in [3.8, 4) is 12.3 Å². The van der Waals surface area contributed by atoms with Crippen LogP contribution in [0.4, 0.5) is 0 Å². The predicted octanol–water partition coefficient (Wildman–Crippen LogP) is 0.902. The standard InChI is InChI=1S/C11H20N2O/c1-5-10(6-2)13-11(14)8-9(4)12-7-3/h1,9-10,12H,6-8H2,2-4H3,(H,13,14). The van der Waals surface area contributed by atoms with Crippen molar-refractivity contribution in [2.75, 3.05) is 6.54 Å². The third kappa shape index (κ3) is 5.60. The Morgan fingerprint density at radius 2 is 2.14 bits per heavy atom. The molecule has 0 rings (SSSR count). The van der Waals surface area contributed by atoms with Crippen LogP contribution >= 0.6 is 0 Å². The monoisotopic (exact) mass is 196 g/mol. The van der Waals surface area contributed by atoms with Crippen LogP contribution in [0, 0.1) is 12.3 Å². The van der Waals surface area contributed by atoms with Gasteiger partial charge in [0.05, 0.1) is 6.04 Å². The second kappa shape index (κ2) is 7.40. The Balaban J connectivity index is 3.80. The van der Waals surface area contributed by atoms with Gasteiger partial charge in [-0.1, -0.05) is 19.8 Å². The topological polar surface area (TPSA) is 41.1 Å². The smallest absolute Gasteiger partial charge is 0.222 e. The zero-order valence-electron chi connectivity index (χ0n) is 9.26. The van der Waals surface area contributed by atoms with E-state index in [1.54, 1.807) is 0 Å². The van der Waals surface area contributed by atoms with Crippen LogP contribution in [0.15, 0.2) is 0 Å². The molecule has 0 saturated carbocycles. The average molecular weight is 196 g/mol. The number of hydrogen-bond acceptors (Lipinski definition) is 2. The van der Waals surface area contributed by atoms with Crippen LogP contribution in [0.1, 0.15) is 33.6 Å². The summed E-state index contributed by atoms with van der Waals surface area (Å²) in [6.07, 6.45) is 6.49. The molecule has 0 bridgehead atoms. The SMILES string of the molecule is C#CC(CC)NC(=O)CC(C)NCC. The maximum absolute atomic E-state index is 11.4. The first kappa shape index (κ1) is 13.0. The van der Waals surface area contributed by atoms with Gasteiger partial charge in [0.1, 0.15) is 0 Å². The van der Waals surface area contributed by atoms with Gasteiger partial charge in [-0.2, -0.15) is 0 Å². The molecule has 1 amide bonds. The van der Waals surface area contributed by atoms with Gasteiger partial charge in [0, 0.05) is 12.5 Å². The van der Waals surface area contributed by atoms with Gasteiger partial charge in [-0.25, -0.2) is 0 Å². The van der Waals surface area contributed by atoms with Crippen molar-refractivity contribution in [3.05, 3.63) is 0 Å². The van der Waals surface area contributed by atoms with E-state index in [4.69, 9.17) is 6.42 Å². The van der Waals surface area contributed by atoms with Gasteiger partial charge in [-0.3, -0.25) is 4.79 Å². The molecule has 0 aliphatic carbocycles. The molecule has 0 saturated heterocycles. The van der Waals surface area contributed by atoms with Crippen LogP contribution in [0.5, 0.6) is 0 Å². The molecule has 0 aliphatic heterocycles. The molecule has 0 aromatic rings. The summed E-state index contributed by atoms with van der Waals surface area (Å²) < 4.78 is 0. The second-order valence-corrected chi connectivity index (χ2v) is 3.36. The zero-order chi connectivity index (χ0) is 11.0. The summed E-state index contributed by atoms with van der Waals surface area (Å²) in [5, 5.41) is 5.96. The van der Waals surface area contributed by atoms with E-state index in [-0.39, 0.29) is 18.0 Å². The van der Waals surface area contributed by atoms with Crippen LogP contribution in [-0.2, 0) is 4.79 Å². The van der Waals surface area contributed by atoms with Crippen molar-refractivity contribution in [1.29, 1.82) is 0 Å². The normalized spacial score (nSPS) is 14.1. The van der Waals surface area contributed by atoms with Crippen molar-refractivity contribution in [2.24, 2.45) is 0 Å². The fourth-order valence-corrected chi connectivity index (χ4v) is 1.21. The largest absolute Gasteiger partial charge is 0.342 e. The summed E-state index contributed by atoms with van der Waals surface area (Å²) >= 11 is 0. The molecule has 0 fully saturated rings. The van der Waals surface area contributed by atoms with Crippen molar-refractivity contribution < 1.29 is 4.79 Å². The van der Waals surface area contributed by atoms with Crippen LogP contribution in [0.2, 0.25) is 0 Å². The summed E-state index contributed by atoms with van der Waals surface area (Å²) in [5.41, 5.74) is 0. The minimum Gasteiger partial charge on any atom is -0.342 e. The third-order valence-corrected chi connectivity index (χ3v) is 1.99. The number of carbonyl (C=O) groups is 1. The second-order valence-electron chi connectivity index (χ2n) is 3.36. The van der Waals surface area contributed by atoms with Crippen molar-refractivity contribution in [3.63, 3.8) is 0 Å². The van der Waals surface area contributed by atoms with Crippen LogP contribution in [0.3, 0.4) is 0 Å². The Morgan fingerprint density at radius 3 is 2.57 bits per heavy atom. The Kier molecular flexibility index (Phi) is 6.87. The summed E-state index contributed by atoms with van der Waals surface area (Å²) in [5.74, 6) is 2.55. The average Bonchev–Trinajstić information content (AvgIpc) is 2.14. The lowest BCUT2D eigenvalue weighted by Crippen LogP contribution is -2.38. The molecule has 0 aromatic heterocycles. The van der Waals surface area contributed by atoms with Gasteiger partial charge < -0.3 is 10.6 Å². The molecule has 0 spiro atoms. The van der Waals surface area contributed by atoms with E-state index in [0.717, 1.165) is 13.0 Å². The van der Waals surface area contributed by atoms with E-state index in [1.807, 2.05) is 20.8 Å². The van der Waals surface area contributed by atoms with Gasteiger partial charge in [0.2, 0.25) is 5.91 Å². The Bertz CT molecular complexity index is 208. The first-order valence-corrected chi connectivity index (χ1v) is 5.12. The highest BCUT2D eigenvalue weighted by atomic mass is 16.1. The zero-order valence-corrected chi connectivity index (χ0v) is 9.26.